The van der Waals surface area contributed by atoms with Crippen LogP contribution in [0.4, 0.5) is 4.39 Å². The van der Waals surface area contributed by atoms with Crippen LogP contribution >= 0.6 is 11.8 Å². The molecule has 0 radical (unpaired) electrons. The summed E-state index contributed by atoms with van der Waals surface area (Å²) in [5.74, 6) is 0.864. The molecule has 0 amide bonds. The van der Waals surface area contributed by atoms with Gasteiger partial charge in [0.2, 0.25) is 0 Å². The fourth-order valence-electron chi connectivity index (χ4n) is 4.76. The lowest BCUT2D eigenvalue weighted by Gasteiger charge is -2.32. The molecule has 0 aliphatic carbocycles. The highest BCUT2D eigenvalue weighted by Gasteiger charge is 2.46. The Morgan fingerprint density at radius 1 is 1.13 bits per heavy atom. The number of thioether (sulfide) groups is 1. The van der Waals surface area contributed by atoms with Crippen molar-refractivity contribution in [2.45, 2.75) is 45.3 Å². The van der Waals surface area contributed by atoms with Crippen LogP contribution in [0, 0.1) is 19.7 Å². The van der Waals surface area contributed by atoms with Gasteiger partial charge in [0.05, 0.1) is 11.7 Å². The molecule has 4 nitrogen and oxygen atoms in total. The fraction of sp³-hybridized carbons (Fsp3) is 0.333. The predicted molar refractivity (Wildman–Crippen MR) is 121 cm³/mol. The second kappa shape index (κ2) is 7.58. The van der Waals surface area contributed by atoms with Crippen LogP contribution in [0.5, 0.6) is 0 Å². The number of aryl methyl sites for hydroxylation is 1. The third-order valence-corrected chi connectivity index (χ3v) is 7.33. The summed E-state index contributed by atoms with van der Waals surface area (Å²) in [5.41, 5.74) is 5.57. The zero-order chi connectivity index (χ0) is 20.8. The van der Waals surface area contributed by atoms with Gasteiger partial charge in [-0.15, -0.1) is 0 Å². The van der Waals surface area contributed by atoms with Crippen molar-refractivity contribution in [1.29, 1.82) is 0 Å². The molecule has 0 bridgehead atoms. The second-order valence-electron chi connectivity index (χ2n) is 7.97. The molecular weight excluding hydrogens is 395 g/mol. The molecule has 30 heavy (non-hydrogen) atoms. The number of hydrogen-bond acceptors (Lipinski definition) is 4. The van der Waals surface area contributed by atoms with Crippen LogP contribution in [0.15, 0.2) is 59.7 Å². The summed E-state index contributed by atoms with van der Waals surface area (Å²) < 4.78 is 15.7. The maximum absolute atomic E-state index is 13.5. The van der Waals surface area contributed by atoms with Gasteiger partial charge in [0.15, 0.2) is 5.17 Å². The number of halogens is 1. The molecule has 6 heteroatoms. The molecule has 0 saturated carbocycles. The van der Waals surface area contributed by atoms with Crippen LogP contribution in [-0.2, 0) is 0 Å². The van der Waals surface area contributed by atoms with Crippen molar-refractivity contribution in [1.82, 2.24) is 14.5 Å². The molecule has 3 aromatic rings. The lowest BCUT2D eigenvalue weighted by Crippen LogP contribution is -2.35. The first-order valence-electron chi connectivity index (χ1n) is 10.4. The molecule has 3 atom stereocenters. The van der Waals surface area contributed by atoms with E-state index < -0.39 is 0 Å². The zero-order valence-corrected chi connectivity index (χ0v) is 18.2. The van der Waals surface area contributed by atoms with E-state index in [4.69, 9.17) is 4.99 Å². The Balaban J connectivity index is 1.63. The molecule has 4 heterocycles. The molecule has 1 saturated heterocycles. The van der Waals surface area contributed by atoms with Crippen molar-refractivity contribution in [3.8, 4) is 5.69 Å². The molecule has 1 aromatic carbocycles. The van der Waals surface area contributed by atoms with Crippen molar-refractivity contribution >= 4 is 16.9 Å². The summed E-state index contributed by atoms with van der Waals surface area (Å²) in [4.78, 5) is 12.3. The SMILES string of the molecule is CC[C@H]1CSC2=N[C@@H](c3ccccn3)[C@@H](c3cc(C)n(-c4ccc(F)cc4)c3C)N21. The van der Waals surface area contributed by atoms with Crippen molar-refractivity contribution in [2.24, 2.45) is 4.99 Å². The van der Waals surface area contributed by atoms with Gasteiger partial charge in [-0.2, -0.15) is 0 Å². The highest BCUT2D eigenvalue weighted by Crippen LogP contribution is 2.49. The smallest absolute Gasteiger partial charge is 0.160 e. The van der Waals surface area contributed by atoms with E-state index in [1.165, 1.54) is 23.4 Å². The van der Waals surface area contributed by atoms with Gasteiger partial charge in [0.25, 0.3) is 0 Å². The van der Waals surface area contributed by atoms with Gasteiger partial charge in [-0.1, -0.05) is 24.8 Å². The molecule has 0 N–H and O–H groups in total. The molecule has 0 spiro atoms. The molecule has 1 fully saturated rings. The lowest BCUT2D eigenvalue weighted by molar-refractivity contribution is 0.254. The summed E-state index contributed by atoms with van der Waals surface area (Å²) >= 11 is 1.86. The van der Waals surface area contributed by atoms with Crippen LogP contribution in [0.2, 0.25) is 0 Å². The van der Waals surface area contributed by atoms with Gasteiger partial charge in [0, 0.05) is 35.1 Å². The maximum atomic E-state index is 13.5. The average molecular weight is 421 g/mol. The van der Waals surface area contributed by atoms with Gasteiger partial charge in [-0.05, 0) is 68.3 Å². The minimum Gasteiger partial charge on any atom is -0.338 e. The van der Waals surface area contributed by atoms with Crippen LogP contribution in [-0.4, -0.2) is 31.4 Å². The number of benzene rings is 1. The Morgan fingerprint density at radius 3 is 2.63 bits per heavy atom. The number of amidine groups is 1. The van der Waals surface area contributed by atoms with E-state index >= 15 is 0 Å². The molecule has 2 aliphatic heterocycles. The van der Waals surface area contributed by atoms with E-state index in [1.807, 2.05) is 42.2 Å². The summed E-state index contributed by atoms with van der Waals surface area (Å²) in [6.45, 7) is 6.52. The molecular formula is C24H25FN4S. The van der Waals surface area contributed by atoms with E-state index in [0.717, 1.165) is 34.4 Å². The Morgan fingerprint density at radius 2 is 1.93 bits per heavy atom. The monoisotopic (exact) mass is 420 g/mol. The molecule has 0 unspecified atom stereocenters. The number of nitrogens with zero attached hydrogens (tertiary/aromatic N) is 4. The zero-order valence-electron chi connectivity index (χ0n) is 17.4. The minimum absolute atomic E-state index is 0.0229. The molecule has 2 aromatic heterocycles. The molecule has 5 rings (SSSR count). The van der Waals surface area contributed by atoms with Crippen LogP contribution in [0.25, 0.3) is 5.69 Å². The Kier molecular flexibility index (Phi) is 4.89. The van der Waals surface area contributed by atoms with Gasteiger partial charge < -0.3 is 9.47 Å². The number of rotatable bonds is 4. The van der Waals surface area contributed by atoms with Crippen molar-refractivity contribution < 1.29 is 4.39 Å². The number of pyridine rings is 1. The third-order valence-electron chi connectivity index (χ3n) is 6.20. The fourth-order valence-corrected chi connectivity index (χ4v) is 6.10. The summed E-state index contributed by atoms with van der Waals surface area (Å²) in [5, 5.41) is 1.13. The predicted octanol–water partition coefficient (Wildman–Crippen LogP) is 5.61. The van der Waals surface area contributed by atoms with Crippen LogP contribution < -0.4 is 0 Å². The van der Waals surface area contributed by atoms with Crippen molar-refractivity contribution in [3.05, 3.63) is 83.2 Å². The van der Waals surface area contributed by atoms with Gasteiger partial charge >= 0.3 is 0 Å². The first kappa shape index (κ1) is 19.4. The van der Waals surface area contributed by atoms with Gasteiger partial charge in [-0.3, -0.25) is 9.98 Å². The van der Waals surface area contributed by atoms with Crippen LogP contribution in [0.3, 0.4) is 0 Å². The van der Waals surface area contributed by atoms with E-state index in [2.05, 4.69) is 47.4 Å². The standard InChI is InChI=1S/C24H25FN4S/c1-4-18-14-30-24-27-22(21-7-5-6-12-26-21)23(29(18)24)20-13-15(2)28(16(20)3)19-10-8-17(25)9-11-19/h5-13,18,22-23H,4,14H2,1-3H3/t18-,22-,23+/m0/s1. The minimum atomic E-state index is -0.217. The average Bonchev–Trinajstić information content (AvgIpc) is 3.41. The van der Waals surface area contributed by atoms with E-state index in [9.17, 15) is 4.39 Å². The number of aromatic nitrogens is 2. The topological polar surface area (TPSA) is 33.4 Å². The Hall–Kier alpha value is -2.60. The normalized spacial score (nSPS) is 23.0. The lowest BCUT2D eigenvalue weighted by atomic mass is 9.95. The third kappa shape index (κ3) is 3.05. The van der Waals surface area contributed by atoms with Crippen molar-refractivity contribution in [3.63, 3.8) is 0 Å². The molecule has 154 valence electrons. The van der Waals surface area contributed by atoms with E-state index in [-0.39, 0.29) is 17.9 Å². The number of hydrogen-bond donors (Lipinski definition) is 0. The van der Waals surface area contributed by atoms with Gasteiger partial charge in [-0.25, -0.2) is 4.39 Å². The van der Waals surface area contributed by atoms with E-state index in [1.54, 1.807) is 0 Å². The Bertz CT molecular complexity index is 1090. The maximum Gasteiger partial charge on any atom is 0.160 e. The highest BCUT2D eigenvalue weighted by atomic mass is 32.2. The number of aliphatic imine (C=N–C) groups is 1. The van der Waals surface area contributed by atoms with E-state index in [0.29, 0.717) is 6.04 Å². The Labute approximate surface area is 180 Å². The quantitative estimate of drug-likeness (QED) is 0.550. The molecule has 2 aliphatic rings. The first-order chi connectivity index (χ1) is 14.6. The van der Waals surface area contributed by atoms with Gasteiger partial charge in [0.1, 0.15) is 11.9 Å². The largest absolute Gasteiger partial charge is 0.338 e. The summed E-state index contributed by atoms with van der Waals surface area (Å²) in [6.07, 6.45) is 2.94. The first-order valence-corrected chi connectivity index (χ1v) is 11.4. The highest BCUT2D eigenvalue weighted by molar-refractivity contribution is 8.14. The van der Waals surface area contributed by atoms with Crippen molar-refractivity contribution in [2.75, 3.05) is 5.75 Å². The second-order valence-corrected chi connectivity index (χ2v) is 8.96. The van der Waals surface area contributed by atoms with Crippen LogP contribution in [0.1, 0.15) is 48.1 Å². The number of fused-ring (bicyclic) bond motifs is 1. The summed E-state index contributed by atoms with van der Waals surface area (Å²) in [6, 6.07) is 15.6. The summed E-state index contributed by atoms with van der Waals surface area (Å²) in [7, 11) is 0.